The highest BCUT2D eigenvalue weighted by Crippen LogP contribution is 2.33. The van der Waals surface area contributed by atoms with Crippen LogP contribution in [-0.2, 0) is 16.0 Å². The third-order valence-electron chi connectivity index (χ3n) is 5.67. The number of imide groups is 1. The maximum atomic E-state index is 13.3. The predicted molar refractivity (Wildman–Crippen MR) is 132 cm³/mol. The number of hydrogen-bond acceptors (Lipinski definition) is 5. The van der Waals surface area contributed by atoms with Crippen LogP contribution in [0.2, 0.25) is 0 Å². The van der Waals surface area contributed by atoms with Gasteiger partial charge in [0.1, 0.15) is 5.70 Å². The van der Waals surface area contributed by atoms with Crippen molar-refractivity contribution >= 4 is 40.1 Å². The summed E-state index contributed by atoms with van der Waals surface area (Å²) in [5.74, 6) is -0.516. The van der Waals surface area contributed by atoms with Crippen LogP contribution in [0.5, 0.6) is 0 Å². The zero-order valence-electron chi connectivity index (χ0n) is 18.4. The van der Waals surface area contributed by atoms with E-state index in [1.165, 1.54) is 16.2 Å². The lowest BCUT2D eigenvalue weighted by Crippen LogP contribution is -2.34. The Hall–Kier alpha value is -3.38. The molecule has 0 saturated carbocycles. The van der Waals surface area contributed by atoms with Crippen LogP contribution < -0.4 is 10.2 Å². The molecule has 0 radical (unpaired) electrons. The molecule has 32 heavy (non-hydrogen) atoms. The molecular formula is C26H27N3O2S. The average molecular weight is 446 g/mol. The molecule has 0 aliphatic carbocycles. The van der Waals surface area contributed by atoms with Crippen molar-refractivity contribution in [2.24, 2.45) is 0 Å². The standard InChI is InChI=1S/C26H27N3O2S/c1-3-28(4-2)21-14-12-20(13-15-21)27-24-23(22-11-8-18-32-22)25(30)29(26(24)31)17-16-19-9-6-5-7-10-19/h5-15,18,27H,3-4,16-17H2,1-2H3. The van der Waals surface area contributed by atoms with E-state index in [0.717, 1.165) is 34.9 Å². The van der Waals surface area contributed by atoms with Crippen LogP contribution in [0, 0.1) is 0 Å². The number of carbonyl (C=O) groups excluding carboxylic acids is 2. The van der Waals surface area contributed by atoms with Gasteiger partial charge in [-0.15, -0.1) is 11.3 Å². The average Bonchev–Trinajstić information content (AvgIpc) is 3.42. The number of nitrogens with zero attached hydrogens (tertiary/aromatic N) is 2. The summed E-state index contributed by atoms with van der Waals surface area (Å²) in [6.45, 7) is 6.46. The minimum atomic E-state index is -0.276. The van der Waals surface area contributed by atoms with Crippen LogP contribution >= 0.6 is 11.3 Å². The van der Waals surface area contributed by atoms with Gasteiger partial charge in [0.15, 0.2) is 0 Å². The van der Waals surface area contributed by atoms with Gasteiger partial charge in [-0.3, -0.25) is 14.5 Å². The van der Waals surface area contributed by atoms with Crippen LogP contribution in [0.4, 0.5) is 11.4 Å². The monoisotopic (exact) mass is 445 g/mol. The van der Waals surface area contributed by atoms with Gasteiger partial charge in [0.25, 0.3) is 11.8 Å². The Bertz CT molecular complexity index is 1100. The van der Waals surface area contributed by atoms with E-state index in [9.17, 15) is 9.59 Å². The number of nitrogens with one attached hydrogen (secondary N) is 1. The maximum absolute atomic E-state index is 13.3. The zero-order chi connectivity index (χ0) is 22.5. The summed E-state index contributed by atoms with van der Waals surface area (Å²) in [5.41, 5.74) is 3.81. The Morgan fingerprint density at radius 1 is 0.875 bits per heavy atom. The minimum Gasteiger partial charge on any atom is -0.372 e. The Morgan fingerprint density at radius 3 is 2.22 bits per heavy atom. The molecule has 0 saturated heterocycles. The van der Waals surface area contributed by atoms with E-state index >= 15 is 0 Å². The van der Waals surface area contributed by atoms with Crippen molar-refractivity contribution < 1.29 is 9.59 Å². The Labute approximate surface area is 193 Å². The molecule has 0 bridgehead atoms. The number of thiophene rings is 1. The number of hydrogen-bond donors (Lipinski definition) is 1. The van der Waals surface area contributed by atoms with Crippen LogP contribution in [0.25, 0.3) is 5.57 Å². The van der Waals surface area contributed by atoms with E-state index in [0.29, 0.717) is 24.2 Å². The second-order valence-corrected chi connectivity index (χ2v) is 8.52. The lowest BCUT2D eigenvalue weighted by molar-refractivity contribution is -0.136. The number of carbonyl (C=O) groups is 2. The SMILES string of the molecule is CCN(CC)c1ccc(NC2=C(c3cccs3)C(=O)N(CCc3ccccc3)C2=O)cc1. The molecule has 0 fully saturated rings. The minimum absolute atomic E-state index is 0.240. The smallest absolute Gasteiger partial charge is 0.278 e. The second kappa shape index (κ2) is 9.83. The molecule has 0 unspecified atom stereocenters. The van der Waals surface area contributed by atoms with Crippen molar-refractivity contribution in [1.29, 1.82) is 0 Å². The van der Waals surface area contributed by atoms with Crippen LogP contribution in [-0.4, -0.2) is 36.3 Å². The molecule has 1 aromatic heterocycles. The topological polar surface area (TPSA) is 52.7 Å². The molecule has 4 rings (SSSR count). The first-order valence-electron chi connectivity index (χ1n) is 10.9. The van der Waals surface area contributed by atoms with Crippen LogP contribution in [0.15, 0.2) is 77.8 Å². The van der Waals surface area contributed by atoms with Gasteiger partial charge in [0.05, 0.1) is 5.57 Å². The summed E-state index contributed by atoms with van der Waals surface area (Å²) in [6.07, 6.45) is 0.627. The van der Waals surface area contributed by atoms with Gasteiger partial charge < -0.3 is 10.2 Å². The molecule has 3 aromatic rings. The van der Waals surface area contributed by atoms with Gasteiger partial charge in [0, 0.05) is 35.9 Å². The fourth-order valence-corrected chi connectivity index (χ4v) is 4.69. The van der Waals surface area contributed by atoms with E-state index in [1.54, 1.807) is 0 Å². The van der Waals surface area contributed by atoms with Gasteiger partial charge in [0.2, 0.25) is 0 Å². The predicted octanol–water partition coefficient (Wildman–Crippen LogP) is 5.03. The molecule has 2 amide bonds. The third-order valence-corrected chi connectivity index (χ3v) is 6.56. The summed E-state index contributed by atoms with van der Waals surface area (Å²) in [4.78, 5) is 31.0. The van der Waals surface area contributed by atoms with Gasteiger partial charge in [-0.1, -0.05) is 36.4 Å². The number of rotatable bonds is 9. The first kappa shape index (κ1) is 21.8. The van der Waals surface area contributed by atoms with Crippen molar-refractivity contribution in [2.45, 2.75) is 20.3 Å². The molecule has 0 atom stereocenters. The molecule has 1 aliphatic rings. The van der Waals surface area contributed by atoms with Crippen molar-refractivity contribution in [1.82, 2.24) is 4.90 Å². The molecular weight excluding hydrogens is 418 g/mol. The highest BCUT2D eigenvalue weighted by atomic mass is 32.1. The molecule has 2 heterocycles. The Balaban J connectivity index is 1.59. The molecule has 1 N–H and O–H groups in total. The summed E-state index contributed by atoms with van der Waals surface area (Å²) in [7, 11) is 0. The summed E-state index contributed by atoms with van der Waals surface area (Å²) < 4.78 is 0. The van der Waals surface area contributed by atoms with E-state index in [-0.39, 0.29) is 11.8 Å². The second-order valence-electron chi connectivity index (χ2n) is 7.57. The van der Waals surface area contributed by atoms with E-state index in [4.69, 9.17) is 0 Å². The van der Waals surface area contributed by atoms with Crippen molar-refractivity contribution in [2.75, 3.05) is 29.9 Å². The largest absolute Gasteiger partial charge is 0.372 e. The first-order chi connectivity index (χ1) is 15.6. The van der Waals surface area contributed by atoms with Gasteiger partial charge in [-0.25, -0.2) is 0 Å². The summed E-state index contributed by atoms with van der Waals surface area (Å²) in [6, 6.07) is 21.7. The molecule has 164 valence electrons. The van der Waals surface area contributed by atoms with Crippen molar-refractivity contribution in [3.05, 3.63) is 88.2 Å². The van der Waals surface area contributed by atoms with Gasteiger partial charge in [-0.2, -0.15) is 0 Å². The van der Waals surface area contributed by atoms with Gasteiger partial charge >= 0.3 is 0 Å². The molecule has 0 spiro atoms. The molecule has 2 aromatic carbocycles. The Kier molecular flexibility index (Phi) is 6.71. The fraction of sp³-hybridized carbons (Fsp3) is 0.231. The van der Waals surface area contributed by atoms with Crippen molar-refractivity contribution in [3.63, 3.8) is 0 Å². The first-order valence-corrected chi connectivity index (χ1v) is 11.8. The third kappa shape index (κ3) is 4.46. The highest BCUT2D eigenvalue weighted by molar-refractivity contribution is 7.11. The number of amides is 2. The van der Waals surface area contributed by atoms with Gasteiger partial charge in [-0.05, 0) is 61.5 Å². The van der Waals surface area contributed by atoms with Crippen molar-refractivity contribution in [3.8, 4) is 0 Å². The van der Waals surface area contributed by atoms with E-state index in [2.05, 4.69) is 24.1 Å². The zero-order valence-corrected chi connectivity index (χ0v) is 19.2. The Morgan fingerprint density at radius 2 is 1.59 bits per heavy atom. The summed E-state index contributed by atoms with van der Waals surface area (Å²) >= 11 is 1.46. The highest BCUT2D eigenvalue weighted by Gasteiger charge is 2.39. The normalized spacial score (nSPS) is 13.8. The van der Waals surface area contributed by atoms with E-state index < -0.39 is 0 Å². The molecule has 6 heteroatoms. The fourth-order valence-electron chi connectivity index (χ4n) is 3.92. The number of benzene rings is 2. The maximum Gasteiger partial charge on any atom is 0.278 e. The summed E-state index contributed by atoms with van der Waals surface area (Å²) in [5, 5.41) is 5.17. The van der Waals surface area contributed by atoms with E-state index in [1.807, 2.05) is 72.1 Å². The van der Waals surface area contributed by atoms with Crippen LogP contribution in [0.3, 0.4) is 0 Å². The quantitative estimate of drug-likeness (QED) is 0.470. The number of anilines is 2. The lowest BCUT2D eigenvalue weighted by atomic mass is 10.1. The molecule has 1 aliphatic heterocycles. The lowest BCUT2D eigenvalue weighted by Gasteiger charge is -2.21. The van der Waals surface area contributed by atoms with Crippen LogP contribution in [0.1, 0.15) is 24.3 Å². The molecule has 5 nitrogen and oxygen atoms in total.